The molecule has 2 aliphatic heterocycles. The Hall–Kier alpha value is -2.87. The van der Waals surface area contributed by atoms with Crippen LogP contribution in [-0.2, 0) is 9.53 Å². The van der Waals surface area contributed by atoms with E-state index in [9.17, 15) is 9.90 Å². The minimum Gasteiger partial charge on any atom is -0.508 e. The Kier molecular flexibility index (Phi) is 4.12. The van der Waals surface area contributed by atoms with E-state index in [0.29, 0.717) is 43.6 Å². The van der Waals surface area contributed by atoms with Gasteiger partial charge in [0.25, 0.3) is 5.91 Å². The summed E-state index contributed by atoms with van der Waals surface area (Å²) >= 11 is 0. The molecule has 2 N–H and O–H groups in total. The number of phenols is 1. The highest BCUT2D eigenvalue weighted by Gasteiger charge is 2.36. The smallest absolute Gasteiger partial charge is 0.254 e. The first-order valence-corrected chi connectivity index (χ1v) is 8.61. The molecule has 1 aromatic heterocycles. The number of benzene rings is 1. The van der Waals surface area contributed by atoms with E-state index in [2.05, 4.69) is 15.4 Å². The van der Waals surface area contributed by atoms with E-state index >= 15 is 0 Å². The van der Waals surface area contributed by atoms with E-state index < -0.39 is 6.04 Å². The van der Waals surface area contributed by atoms with Gasteiger partial charge in [0.05, 0.1) is 18.8 Å². The van der Waals surface area contributed by atoms with Gasteiger partial charge in [-0.2, -0.15) is 10.1 Å². The van der Waals surface area contributed by atoms with Crippen LogP contribution >= 0.6 is 0 Å². The fourth-order valence-electron chi connectivity index (χ4n) is 3.44. The van der Waals surface area contributed by atoms with Crippen molar-refractivity contribution in [3.63, 3.8) is 0 Å². The normalized spacial score (nSPS) is 19.9. The van der Waals surface area contributed by atoms with Gasteiger partial charge in [0.2, 0.25) is 5.95 Å². The largest absolute Gasteiger partial charge is 0.508 e. The van der Waals surface area contributed by atoms with Crippen LogP contribution in [0.2, 0.25) is 0 Å². The molecular weight excluding hydrogens is 334 g/mol. The number of carbonyl (C=O) groups is 1. The van der Waals surface area contributed by atoms with Crippen molar-refractivity contribution in [3.05, 3.63) is 46.9 Å². The molecule has 1 fully saturated rings. The summed E-state index contributed by atoms with van der Waals surface area (Å²) in [6.45, 7) is 5.93. The lowest BCUT2D eigenvalue weighted by Crippen LogP contribution is -2.44. The maximum absolute atomic E-state index is 13.3. The molecule has 0 unspecified atom stereocenters. The summed E-state index contributed by atoms with van der Waals surface area (Å²) in [6, 6.07) is 6.46. The number of rotatable bonds is 2. The number of aromatic hydroxyl groups is 1. The summed E-state index contributed by atoms with van der Waals surface area (Å²) in [4.78, 5) is 19.5. The Morgan fingerprint density at radius 1 is 1.23 bits per heavy atom. The number of nitrogens with zero attached hydrogens (tertiary/aromatic N) is 4. The zero-order valence-corrected chi connectivity index (χ0v) is 14.8. The van der Waals surface area contributed by atoms with Gasteiger partial charge >= 0.3 is 0 Å². The number of aromatic nitrogens is 3. The van der Waals surface area contributed by atoms with E-state index in [-0.39, 0.29) is 11.7 Å². The number of fused-ring (bicyclic) bond motifs is 1. The van der Waals surface area contributed by atoms with E-state index in [0.717, 1.165) is 11.3 Å². The number of anilines is 1. The molecule has 0 bridgehead atoms. The zero-order valence-electron chi connectivity index (χ0n) is 14.8. The van der Waals surface area contributed by atoms with Crippen LogP contribution in [0.15, 0.2) is 35.5 Å². The minimum absolute atomic E-state index is 0.0322. The molecule has 1 atom stereocenters. The van der Waals surface area contributed by atoms with Gasteiger partial charge in [-0.05, 0) is 31.5 Å². The molecule has 8 nitrogen and oxygen atoms in total. The molecule has 0 radical (unpaired) electrons. The van der Waals surface area contributed by atoms with Gasteiger partial charge in [-0.15, -0.1) is 0 Å². The molecule has 8 heteroatoms. The molecule has 1 aromatic carbocycles. The van der Waals surface area contributed by atoms with Crippen LogP contribution in [0, 0.1) is 6.92 Å². The summed E-state index contributed by atoms with van der Waals surface area (Å²) in [5, 5.41) is 17.3. The molecule has 4 rings (SSSR count). The van der Waals surface area contributed by atoms with Crippen molar-refractivity contribution < 1.29 is 14.6 Å². The maximum Gasteiger partial charge on any atom is 0.254 e. The van der Waals surface area contributed by atoms with Gasteiger partial charge in [0, 0.05) is 18.8 Å². The lowest BCUT2D eigenvalue weighted by Gasteiger charge is -2.33. The minimum atomic E-state index is -0.400. The van der Waals surface area contributed by atoms with Crippen molar-refractivity contribution in [3.8, 4) is 5.75 Å². The molecule has 0 saturated carbocycles. The molecule has 2 aliphatic rings. The van der Waals surface area contributed by atoms with Crippen LogP contribution in [0.4, 0.5) is 5.95 Å². The van der Waals surface area contributed by atoms with Crippen LogP contribution in [-0.4, -0.2) is 57.0 Å². The van der Waals surface area contributed by atoms with Crippen molar-refractivity contribution >= 4 is 11.9 Å². The van der Waals surface area contributed by atoms with Gasteiger partial charge in [-0.3, -0.25) is 4.79 Å². The molecule has 136 valence electrons. The number of aryl methyl sites for hydroxylation is 1. The average Bonchev–Trinajstić information content (AvgIpc) is 3.01. The van der Waals surface area contributed by atoms with Gasteiger partial charge in [0.1, 0.15) is 17.6 Å². The first kappa shape index (κ1) is 16.6. The molecule has 1 amide bonds. The van der Waals surface area contributed by atoms with Crippen molar-refractivity contribution in [1.82, 2.24) is 19.7 Å². The second-order valence-corrected chi connectivity index (χ2v) is 6.49. The van der Waals surface area contributed by atoms with E-state index in [1.165, 1.54) is 0 Å². The summed E-state index contributed by atoms with van der Waals surface area (Å²) in [5.74, 6) is 1.38. The lowest BCUT2D eigenvalue weighted by atomic mass is 9.94. The van der Waals surface area contributed by atoms with Crippen molar-refractivity contribution in [2.24, 2.45) is 0 Å². The molecule has 3 heterocycles. The van der Waals surface area contributed by atoms with Crippen LogP contribution in [0.1, 0.15) is 24.4 Å². The number of nitrogens with one attached hydrogen (secondary N) is 1. The van der Waals surface area contributed by atoms with Crippen molar-refractivity contribution in [2.75, 3.05) is 31.6 Å². The fraction of sp³-hybridized carbons (Fsp3) is 0.389. The van der Waals surface area contributed by atoms with Gasteiger partial charge in [-0.1, -0.05) is 12.1 Å². The number of hydrogen-bond acceptors (Lipinski definition) is 6. The number of morpholine rings is 1. The zero-order chi connectivity index (χ0) is 18.3. The topological polar surface area (TPSA) is 92.5 Å². The van der Waals surface area contributed by atoms with Gasteiger partial charge < -0.3 is 20.1 Å². The second kappa shape index (κ2) is 6.45. The second-order valence-electron chi connectivity index (χ2n) is 6.49. The van der Waals surface area contributed by atoms with Crippen LogP contribution in [0.5, 0.6) is 5.75 Å². The standard InChI is InChI=1S/C18H21N5O3/c1-11-15(17(25)22-7-9-26-10-8-22)16(13-3-5-14(24)6-4-13)23-18(19-11)20-12(2)21-23/h3-6,16,24H,7-10H2,1-2H3,(H,19,20,21)/t16-/m0/s1. The van der Waals surface area contributed by atoms with Crippen LogP contribution < -0.4 is 5.32 Å². The van der Waals surface area contributed by atoms with Gasteiger partial charge in [0.15, 0.2) is 0 Å². The molecule has 2 aromatic rings. The number of amides is 1. The summed E-state index contributed by atoms with van der Waals surface area (Å²) in [6.07, 6.45) is 0. The Bertz CT molecular complexity index is 865. The highest BCUT2D eigenvalue weighted by atomic mass is 16.5. The third kappa shape index (κ3) is 2.82. The highest BCUT2D eigenvalue weighted by molar-refractivity contribution is 5.96. The van der Waals surface area contributed by atoms with Crippen LogP contribution in [0.3, 0.4) is 0 Å². The van der Waals surface area contributed by atoms with Crippen LogP contribution in [0.25, 0.3) is 0 Å². The first-order valence-electron chi connectivity index (χ1n) is 8.61. The Labute approximate surface area is 151 Å². The molecule has 26 heavy (non-hydrogen) atoms. The van der Waals surface area contributed by atoms with Crippen molar-refractivity contribution in [2.45, 2.75) is 19.9 Å². The van der Waals surface area contributed by atoms with Crippen molar-refractivity contribution in [1.29, 1.82) is 0 Å². The Morgan fingerprint density at radius 3 is 2.62 bits per heavy atom. The first-order chi connectivity index (χ1) is 12.5. The van der Waals surface area contributed by atoms with E-state index in [1.807, 2.05) is 30.9 Å². The average molecular weight is 355 g/mol. The molecule has 1 saturated heterocycles. The maximum atomic E-state index is 13.3. The Balaban J connectivity index is 1.80. The third-order valence-corrected chi connectivity index (χ3v) is 4.70. The predicted molar refractivity (Wildman–Crippen MR) is 94.7 cm³/mol. The molecule has 0 spiro atoms. The van der Waals surface area contributed by atoms with E-state index in [1.54, 1.807) is 16.8 Å². The molecule has 0 aliphatic carbocycles. The fourth-order valence-corrected chi connectivity index (χ4v) is 3.44. The highest BCUT2D eigenvalue weighted by Crippen LogP contribution is 2.36. The number of carbonyl (C=O) groups excluding carboxylic acids is 1. The Morgan fingerprint density at radius 2 is 1.92 bits per heavy atom. The SMILES string of the molecule is CC1=C(C(=O)N2CCOCC2)[C@H](c2ccc(O)cc2)n2nc(C)nc2N1. The van der Waals surface area contributed by atoms with Gasteiger partial charge in [-0.25, -0.2) is 4.68 Å². The predicted octanol–water partition coefficient (Wildman–Crippen LogP) is 1.44. The summed E-state index contributed by atoms with van der Waals surface area (Å²) in [5.41, 5.74) is 2.26. The lowest BCUT2D eigenvalue weighted by molar-refractivity contribution is -0.131. The monoisotopic (exact) mass is 355 g/mol. The molecular formula is C18H21N5O3. The summed E-state index contributed by atoms with van der Waals surface area (Å²) < 4.78 is 7.11. The number of ether oxygens (including phenoxy) is 1. The third-order valence-electron chi connectivity index (χ3n) is 4.70. The number of phenolic OH excluding ortho intramolecular Hbond substituents is 1. The number of allylic oxidation sites excluding steroid dienone is 1. The quantitative estimate of drug-likeness (QED) is 0.847. The summed E-state index contributed by atoms with van der Waals surface area (Å²) in [7, 11) is 0. The number of hydrogen-bond donors (Lipinski definition) is 2. The van der Waals surface area contributed by atoms with E-state index in [4.69, 9.17) is 4.74 Å².